The summed E-state index contributed by atoms with van der Waals surface area (Å²) in [4.78, 5) is 23.3. The summed E-state index contributed by atoms with van der Waals surface area (Å²) < 4.78 is 17.4. The van der Waals surface area contributed by atoms with Gasteiger partial charge in [0.1, 0.15) is 11.4 Å². The Bertz CT molecular complexity index is 488. The smallest absolute Gasteiger partial charge is 0.330 e. The molecule has 98 valence electrons. The van der Waals surface area contributed by atoms with Gasteiger partial charge in [-0.25, -0.2) is 9.18 Å². The molecular formula is C12H13ClFNO3. The maximum Gasteiger partial charge on any atom is 0.330 e. The van der Waals surface area contributed by atoms with Crippen molar-refractivity contribution < 1.29 is 18.7 Å². The van der Waals surface area contributed by atoms with Crippen LogP contribution in [-0.2, 0) is 9.53 Å². The van der Waals surface area contributed by atoms with Crippen LogP contribution in [0.25, 0.3) is 0 Å². The Kier molecular flexibility index (Phi) is 4.29. The molecule has 1 rings (SSSR count). The molecular weight excluding hydrogens is 261 g/mol. The molecule has 1 amide bonds. The summed E-state index contributed by atoms with van der Waals surface area (Å²) >= 11 is 5.75. The van der Waals surface area contributed by atoms with Gasteiger partial charge in [-0.15, -0.1) is 0 Å². The van der Waals surface area contributed by atoms with Gasteiger partial charge >= 0.3 is 5.97 Å². The first-order valence-electron chi connectivity index (χ1n) is 5.14. The quantitative estimate of drug-likeness (QED) is 0.859. The second kappa shape index (κ2) is 5.35. The fraction of sp³-hybridized carbons (Fsp3) is 0.333. The average Bonchev–Trinajstić information content (AvgIpc) is 2.26. The fourth-order valence-electron chi connectivity index (χ4n) is 1.33. The van der Waals surface area contributed by atoms with Crippen molar-refractivity contribution in [3.8, 4) is 0 Å². The van der Waals surface area contributed by atoms with Crippen LogP contribution >= 0.6 is 11.6 Å². The van der Waals surface area contributed by atoms with E-state index in [1.807, 2.05) is 0 Å². The number of halogens is 2. The Balaban J connectivity index is 2.92. The van der Waals surface area contributed by atoms with Gasteiger partial charge in [0.2, 0.25) is 0 Å². The van der Waals surface area contributed by atoms with Crippen LogP contribution in [0.15, 0.2) is 18.2 Å². The molecule has 0 unspecified atom stereocenters. The molecule has 4 nitrogen and oxygen atoms in total. The third kappa shape index (κ3) is 3.20. The van der Waals surface area contributed by atoms with E-state index >= 15 is 0 Å². The van der Waals surface area contributed by atoms with Gasteiger partial charge in [0.15, 0.2) is 0 Å². The van der Waals surface area contributed by atoms with E-state index in [0.717, 1.165) is 12.1 Å². The highest BCUT2D eigenvalue weighted by Crippen LogP contribution is 2.18. The van der Waals surface area contributed by atoms with Crippen LogP contribution in [0.1, 0.15) is 24.2 Å². The molecule has 0 fully saturated rings. The molecule has 6 heteroatoms. The summed E-state index contributed by atoms with van der Waals surface area (Å²) in [7, 11) is 1.22. The van der Waals surface area contributed by atoms with Crippen LogP contribution < -0.4 is 5.32 Å². The highest BCUT2D eigenvalue weighted by Gasteiger charge is 2.31. The van der Waals surface area contributed by atoms with Gasteiger partial charge in [0.25, 0.3) is 5.91 Å². The summed E-state index contributed by atoms with van der Waals surface area (Å²) in [5.74, 6) is -1.70. The number of ether oxygens (including phenoxy) is 1. The van der Waals surface area contributed by atoms with Crippen molar-refractivity contribution in [2.75, 3.05) is 7.11 Å². The van der Waals surface area contributed by atoms with Crippen LogP contribution in [0.4, 0.5) is 4.39 Å². The lowest BCUT2D eigenvalue weighted by Crippen LogP contribution is -2.50. The van der Waals surface area contributed by atoms with E-state index in [1.165, 1.54) is 27.0 Å². The molecule has 1 aromatic carbocycles. The standard InChI is InChI=1S/C12H13ClFNO3/c1-12(2,11(17)18-3)15-10(16)8-5-4-7(14)6-9(8)13/h4-6H,1-3H3,(H,15,16). The Morgan fingerprint density at radius 3 is 2.50 bits per heavy atom. The van der Waals surface area contributed by atoms with Gasteiger partial charge in [0, 0.05) is 0 Å². The van der Waals surface area contributed by atoms with Crippen LogP contribution in [-0.4, -0.2) is 24.5 Å². The number of rotatable bonds is 3. The van der Waals surface area contributed by atoms with Gasteiger partial charge in [-0.3, -0.25) is 4.79 Å². The van der Waals surface area contributed by atoms with Crippen molar-refractivity contribution in [2.45, 2.75) is 19.4 Å². The zero-order valence-electron chi connectivity index (χ0n) is 10.2. The molecule has 0 aliphatic rings. The molecule has 18 heavy (non-hydrogen) atoms. The Morgan fingerprint density at radius 2 is 2.00 bits per heavy atom. The first kappa shape index (κ1) is 14.4. The van der Waals surface area contributed by atoms with Crippen LogP contribution in [0.2, 0.25) is 5.02 Å². The summed E-state index contributed by atoms with van der Waals surface area (Å²) in [6.45, 7) is 2.99. The number of methoxy groups -OCH3 is 1. The van der Waals surface area contributed by atoms with Crippen molar-refractivity contribution in [3.05, 3.63) is 34.6 Å². The first-order chi connectivity index (χ1) is 8.27. The number of benzene rings is 1. The summed E-state index contributed by atoms with van der Waals surface area (Å²) in [5, 5.41) is 2.44. The Labute approximate surface area is 109 Å². The number of hydrogen-bond donors (Lipinski definition) is 1. The molecule has 1 aromatic rings. The van der Waals surface area contributed by atoms with Crippen molar-refractivity contribution in [1.29, 1.82) is 0 Å². The zero-order chi connectivity index (χ0) is 13.9. The van der Waals surface area contributed by atoms with Crippen molar-refractivity contribution in [1.82, 2.24) is 5.32 Å². The monoisotopic (exact) mass is 273 g/mol. The molecule has 0 aliphatic carbocycles. The maximum absolute atomic E-state index is 12.8. The van der Waals surface area contributed by atoms with E-state index in [0.29, 0.717) is 0 Å². The SMILES string of the molecule is COC(=O)C(C)(C)NC(=O)c1ccc(F)cc1Cl. The van der Waals surface area contributed by atoms with E-state index in [-0.39, 0.29) is 10.6 Å². The number of esters is 1. The maximum atomic E-state index is 12.8. The molecule has 0 saturated carbocycles. The third-order valence-corrected chi connectivity index (χ3v) is 2.61. The zero-order valence-corrected chi connectivity index (χ0v) is 11.0. The second-order valence-corrected chi connectivity index (χ2v) is 4.60. The molecule has 0 bridgehead atoms. The van der Waals surface area contributed by atoms with Gasteiger partial charge in [-0.05, 0) is 32.0 Å². The van der Waals surface area contributed by atoms with Gasteiger partial charge < -0.3 is 10.1 Å². The minimum atomic E-state index is -1.19. The topological polar surface area (TPSA) is 55.4 Å². The van der Waals surface area contributed by atoms with E-state index in [1.54, 1.807) is 0 Å². The largest absolute Gasteiger partial charge is 0.467 e. The normalized spacial score (nSPS) is 10.9. The number of nitrogens with one attached hydrogen (secondary N) is 1. The summed E-state index contributed by atoms with van der Waals surface area (Å²) in [6, 6.07) is 3.40. The molecule has 1 N–H and O–H groups in total. The molecule has 0 aromatic heterocycles. The van der Waals surface area contributed by atoms with E-state index in [9.17, 15) is 14.0 Å². The lowest BCUT2D eigenvalue weighted by Gasteiger charge is -2.23. The lowest BCUT2D eigenvalue weighted by atomic mass is 10.1. The number of amides is 1. The minimum absolute atomic E-state index is 0.0202. The van der Waals surface area contributed by atoms with E-state index in [2.05, 4.69) is 10.1 Å². The molecule has 0 aliphatic heterocycles. The van der Waals surface area contributed by atoms with Gasteiger partial charge in [-0.1, -0.05) is 11.6 Å². The molecule has 0 heterocycles. The van der Waals surface area contributed by atoms with Crippen molar-refractivity contribution in [2.24, 2.45) is 0 Å². The molecule has 0 saturated heterocycles. The Hall–Kier alpha value is -1.62. The number of carbonyl (C=O) groups is 2. The average molecular weight is 274 g/mol. The molecule has 0 radical (unpaired) electrons. The van der Waals surface area contributed by atoms with Crippen LogP contribution in [0, 0.1) is 5.82 Å². The molecule has 0 spiro atoms. The van der Waals surface area contributed by atoms with Crippen molar-refractivity contribution in [3.63, 3.8) is 0 Å². The fourth-order valence-corrected chi connectivity index (χ4v) is 1.58. The van der Waals surface area contributed by atoms with E-state index in [4.69, 9.17) is 11.6 Å². The second-order valence-electron chi connectivity index (χ2n) is 4.19. The van der Waals surface area contributed by atoms with Crippen LogP contribution in [0.5, 0.6) is 0 Å². The summed E-state index contributed by atoms with van der Waals surface area (Å²) in [5.41, 5.74) is -1.10. The van der Waals surface area contributed by atoms with E-state index < -0.39 is 23.2 Å². The third-order valence-electron chi connectivity index (χ3n) is 2.30. The highest BCUT2D eigenvalue weighted by molar-refractivity contribution is 6.33. The molecule has 0 atom stereocenters. The lowest BCUT2D eigenvalue weighted by molar-refractivity contribution is -0.146. The minimum Gasteiger partial charge on any atom is -0.467 e. The predicted octanol–water partition coefficient (Wildman–Crippen LogP) is 2.16. The Morgan fingerprint density at radius 1 is 1.39 bits per heavy atom. The van der Waals surface area contributed by atoms with Gasteiger partial charge in [-0.2, -0.15) is 0 Å². The first-order valence-corrected chi connectivity index (χ1v) is 5.51. The highest BCUT2D eigenvalue weighted by atomic mass is 35.5. The van der Waals surface area contributed by atoms with Crippen LogP contribution in [0.3, 0.4) is 0 Å². The summed E-state index contributed by atoms with van der Waals surface area (Å²) in [6.07, 6.45) is 0. The van der Waals surface area contributed by atoms with Gasteiger partial charge in [0.05, 0.1) is 17.7 Å². The number of carbonyl (C=O) groups excluding carboxylic acids is 2. The predicted molar refractivity (Wildman–Crippen MR) is 65.0 cm³/mol. The van der Waals surface area contributed by atoms with Crippen molar-refractivity contribution >= 4 is 23.5 Å². The number of hydrogen-bond acceptors (Lipinski definition) is 3.